The number of carbonyl (C=O) groups excluding carboxylic acids is 1. The van der Waals surface area contributed by atoms with Crippen molar-refractivity contribution in [1.82, 2.24) is 15.1 Å². The van der Waals surface area contributed by atoms with Gasteiger partial charge in [0.1, 0.15) is 5.76 Å². The summed E-state index contributed by atoms with van der Waals surface area (Å²) in [6.07, 6.45) is 5.57. The van der Waals surface area contributed by atoms with Crippen molar-refractivity contribution in [2.75, 3.05) is 32.7 Å². The van der Waals surface area contributed by atoms with Gasteiger partial charge in [-0.15, -0.1) is 0 Å². The molecule has 1 aromatic rings. The first-order valence-electron chi connectivity index (χ1n) is 9.13. The van der Waals surface area contributed by atoms with Crippen molar-refractivity contribution in [2.24, 2.45) is 5.92 Å². The molecule has 0 radical (unpaired) electrons. The Morgan fingerprint density at radius 2 is 2.04 bits per heavy atom. The smallest absolute Gasteiger partial charge is 0.317 e. The van der Waals surface area contributed by atoms with Gasteiger partial charge >= 0.3 is 6.03 Å². The van der Waals surface area contributed by atoms with Gasteiger partial charge in [0.05, 0.1) is 18.4 Å². The van der Waals surface area contributed by atoms with E-state index >= 15 is 0 Å². The van der Waals surface area contributed by atoms with Crippen molar-refractivity contribution in [2.45, 2.75) is 44.8 Å². The lowest BCUT2D eigenvalue weighted by molar-refractivity contribution is 0.0793. The minimum Gasteiger partial charge on any atom is -0.468 e. The van der Waals surface area contributed by atoms with Gasteiger partial charge in [0, 0.05) is 19.6 Å². The van der Waals surface area contributed by atoms with Gasteiger partial charge in [-0.2, -0.15) is 0 Å². The highest BCUT2D eigenvalue weighted by atomic mass is 16.3. The van der Waals surface area contributed by atoms with E-state index in [-0.39, 0.29) is 18.2 Å². The fraction of sp³-hybridized carbons (Fsp3) is 0.722. The van der Waals surface area contributed by atoms with Crippen LogP contribution in [0.5, 0.6) is 0 Å². The second-order valence-electron chi connectivity index (χ2n) is 7.03. The van der Waals surface area contributed by atoms with Crippen LogP contribution in [0, 0.1) is 5.92 Å². The van der Waals surface area contributed by atoms with Crippen LogP contribution in [0.2, 0.25) is 0 Å². The number of carbonyl (C=O) groups is 1. The Bertz CT molecular complexity index is 504. The van der Waals surface area contributed by atoms with Crippen molar-refractivity contribution < 1.29 is 14.3 Å². The zero-order chi connectivity index (χ0) is 16.9. The molecule has 2 N–H and O–H groups in total. The van der Waals surface area contributed by atoms with Gasteiger partial charge < -0.3 is 19.7 Å². The zero-order valence-corrected chi connectivity index (χ0v) is 14.5. The molecule has 6 heteroatoms. The second-order valence-corrected chi connectivity index (χ2v) is 7.03. The Balaban J connectivity index is 1.52. The predicted molar refractivity (Wildman–Crippen MR) is 91.6 cm³/mol. The maximum Gasteiger partial charge on any atom is 0.317 e. The third-order valence-corrected chi connectivity index (χ3v) is 5.41. The number of nitrogens with zero attached hydrogens (tertiary/aromatic N) is 2. The Hall–Kier alpha value is -1.53. The van der Waals surface area contributed by atoms with Gasteiger partial charge in [-0.05, 0) is 63.7 Å². The lowest BCUT2D eigenvalue weighted by Crippen LogP contribution is -2.47. The molecule has 0 unspecified atom stereocenters. The Morgan fingerprint density at radius 3 is 2.62 bits per heavy atom. The molecular formula is C18H29N3O3. The fourth-order valence-corrected chi connectivity index (χ4v) is 3.82. The normalized spacial score (nSPS) is 22.5. The van der Waals surface area contributed by atoms with Crippen LogP contribution in [0.3, 0.4) is 0 Å². The summed E-state index contributed by atoms with van der Waals surface area (Å²) in [5, 5.41) is 12.8. The summed E-state index contributed by atoms with van der Waals surface area (Å²) in [5.41, 5.74) is 0. The number of piperidine rings is 1. The number of furan rings is 1. The molecule has 6 nitrogen and oxygen atoms in total. The van der Waals surface area contributed by atoms with E-state index in [4.69, 9.17) is 4.42 Å². The Kier molecular flexibility index (Phi) is 5.79. The summed E-state index contributed by atoms with van der Waals surface area (Å²) < 4.78 is 5.59. The van der Waals surface area contributed by atoms with Crippen LogP contribution in [0.25, 0.3) is 0 Å². The Labute approximate surface area is 143 Å². The van der Waals surface area contributed by atoms with E-state index in [1.165, 1.54) is 12.8 Å². The number of hydrogen-bond donors (Lipinski definition) is 2. The van der Waals surface area contributed by atoms with Gasteiger partial charge in [0.2, 0.25) is 0 Å². The van der Waals surface area contributed by atoms with Crippen LogP contribution in [0.15, 0.2) is 22.8 Å². The first-order chi connectivity index (χ1) is 11.6. The average molecular weight is 335 g/mol. The molecular weight excluding hydrogens is 306 g/mol. The van der Waals surface area contributed by atoms with Gasteiger partial charge in [-0.1, -0.05) is 0 Å². The first kappa shape index (κ1) is 17.3. The molecule has 0 bridgehead atoms. The lowest BCUT2D eigenvalue weighted by Gasteiger charge is -2.34. The third kappa shape index (κ3) is 4.11. The maximum atomic E-state index is 12.5. The summed E-state index contributed by atoms with van der Waals surface area (Å²) in [5.74, 6) is 1.24. The van der Waals surface area contributed by atoms with Crippen LogP contribution in [-0.2, 0) is 0 Å². The van der Waals surface area contributed by atoms with Crippen molar-refractivity contribution in [3.63, 3.8) is 0 Å². The summed E-state index contributed by atoms with van der Waals surface area (Å²) in [4.78, 5) is 16.7. The molecule has 24 heavy (non-hydrogen) atoms. The predicted octanol–water partition coefficient (Wildman–Crippen LogP) is 2.22. The molecule has 3 heterocycles. The third-order valence-electron chi connectivity index (χ3n) is 5.41. The van der Waals surface area contributed by atoms with Crippen LogP contribution < -0.4 is 5.32 Å². The molecule has 134 valence electrons. The molecule has 2 aliphatic heterocycles. The van der Waals surface area contributed by atoms with E-state index < -0.39 is 0 Å². The molecule has 2 saturated heterocycles. The van der Waals surface area contributed by atoms with Crippen LogP contribution in [0.1, 0.15) is 44.4 Å². The molecule has 1 aromatic heterocycles. The van der Waals surface area contributed by atoms with Crippen molar-refractivity contribution in [3.8, 4) is 0 Å². The molecule has 2 amide bonds. The fourth-order valence-electron chi connectivity index (χ4n) is 3.82. The van der Waals surface area contributed by atoms with E-state index in [9.17, 15) is 9.90 Å². The summed E-state index contributed by atoms with van der Waals surface area (Å²) in [6, 6.07) is 4.00. The van der Waals surface area contributed by atoms with E-state index in [1.807, 2.05) is 24.0 Å². The van der Waals surface area contributed by atoms with E-state index in [0.29, 0.717) is 12.5 Å². The van der Waals surface area contributed by atoms with Gasteiger partial charge in [0.25, 0.3) is 0 Å². The second kappa shape index (κ2) is 8.03. The van der Waals surface area contributed by atoms with Crippen molar-refractivity contribution >= 4 is 6.03 Å². The molecule has 3 rings (SSSR count). The molecule has 0 aliphatic carbocycles. The number of rotatable bonds is 5. The Morgan fingerprint density at radius 1 is 1.33 bits per heavy atom. The van der Waals surface area contributed by atoms with Crippen molar-refractivity contribution in [3.05, 3.63) is 24.2 Å². The number of urea groups is 1. The van der Waals surface area contributed by atoms with E-state index in [0.717, 1.165) is 44.8 Å². The molecule has 2 atom stereocenters. The largest absolute Gasteiger partial charge is 0.468 e. The topological polar surface area (TPSA) is 69.0 Å². The van der Waals surface area contributed by atoms with Gasteiger partial charge in [-0.3, -0.25) is 4.90 Å². The molecule has 2 fully saturated rings. The average Bonchev–Trinajstić information content (AvgIpc) is 3.29. The number of aliphatic hydroxyl groups excluding tert-OH is 1. The molecule has 0 aromatic carbocycles. The van der Waals surface area contributed by atoms with Crippen LogP contribution >= 0.6 is 0 Å². The number of likely N-dealkylation sites (tertiary alicyclic amines) is 2. The highest BCUT2D eigenvalue weighted by molar-refractivity contribution is 5.74. The van der Waals surface area contributed by atoms with Gasteiger partial charge in [0.15, 0.2) is 0 Å². The number of amides is 2. The molecule has 0 saturated carbocycles. The number of nitrogens with one attached hydrogen (secondary N) is 1. The summed E-state index contributed by atoms with van der Waals surface area (Å²) in [7, 11) is 0. The van der Waals surface area contributed by atoms with Gasteiger partial charge in [-0.25, -0.2) is 4.79 Å². The standard InChI is InChI=1S/C18H29N3O3/c1-14(22)15-6-10-21(11-7-15)18(23)19-13-16(17-5-4-12-24-17)20-8-2-3-9-20/h4-5,12,14-16,22H,2-3,6-11,13H2,1H3,(H,19,23)/t14-,16-/m0/s1. The maximum absolute atomic E-state index is 12.5. The summed E-state index contributed by atoms with van der Waals surface area (Å²) >= 11 is 0. The van der Waals surface area contributed by atoms with E-state index in [1.54, 1.807) is 6.26 Å². The first-order valence-corrected chi connectivity index (χ1v) is 9.13. The van der Waals surface area contributed by atoms with Crippen molar-refractivity contribution in [1.29, 1.82) is 0 Å². The van der Waals surface area contributed by atoms with Crippen LogP contribution in [0.4, 0.5) is 4.79 Å². The monoisotopic (exact) mass is 335 g/mol. The molecule has 2 aliphatic rings. The SMILES string of the molecule is C[C@H](O)C1CCN(C(=O)NC[C@@H](c2ccco2)N2CCCC2)CC1. The lowest BCUT2D eigenvalue weighted by atomic mass is 9.92. The van der Waals surface area contributed by atoms with E-state index in [2.05, 4.69) is 10.2 Å². The highest BCUT2D eigenvalue weighted by Gasteiger charge is 2.28. The molecule has 0 spiro atoms. The minimum atomic E-state index is -0.284. The van der Waals surface area contributed by atoms with Crippen LogP contribution in [-0.4, -0.2) is 59.8 Å². The number of aliphatic hydroxyl groups is 1. The highest BCUT2D eigenvalue weighted by Crippen LogP contribution is 2.25. The number of hydrogen-bond acceptors (Lipinski definition) is 4. The quantitative estimate of drug-likeness (QED) is 0.866. The zero-order valence-electron chi connectivity index (χ0n) is 14.5. The minimum absolute atomic E-state index is 0.00482. The summed E-state index contributed by atoms with van der Waals surface area (Å²) in [6.45, 7) is 5.96.